The van der Waals surface area contributed by atoms with E-state index < -0.39 is 5.97 Å². The standard InChI is InChI=1S/C9H13NO2.C2H6/c1-4-6(2)8(10)5-7(3)9(11)12;1-2/h4-5H,1,10H2,2-3H3,(H,11,12);1-2H3/b7-5+,8-6+;. The van der Waals surface area contributed by atoms with Crippen molar-refractivity contribution in [2.75, 3.05) is 0 Å². The van der Waals surface area contributed by atoms with E-state index in [4.69, 9.17) is 10.8 Å². The van der Waals surface area contributed by atoms with Crippen molar-refractivity contribution in [1.82, 2.24) is 0 Å². The molecule has 0 fully saturated rings. The highest BCUT2D eigenvalue weighted by Crippen LogP contribution is 2.03. The van der Waals surface area contributed by atoms with Gasteiger partial charge in [0.15, 0.2) is 0 Å². The minimum Gasteiger partial charge on any atom is -0.478 e. The summed E-state index contributed by atoms with van der Waals surface area (Å²) in [6.45, 7) is 10.8. The smallest absolute Gasteiger partial charge is 0.331 e. The van der Waals surface area contributed by atoms with Gasteiger partial charge in [0.1, 0.15) is 0 Å². The fraction of sp³-hybridized carbons (Fsp3) is 0.364. The summed E-state index contributed by atoms with van der Waals surface area (Å²) in [7, 11) is 0. The monoisotopic (exact) mass is 197 g/mol. The number of carboxylic acid groups (broad SMARTS) is 1. The Bertz CT molecular complexity index is 262. The molecule has 0 spiro atoms. The van der Waals surface area contributed by atoms with Crippen molar-refractivity contribution in [3.8, 4) is 0 Å². The second-order valence-corrected chi connectivity index (χ2v) is 2.47. The normalized spacial score (nSPS) is 12.1. The van der Waals surface area contributed by atoms with E-state index >= 15 is 0 Å². The number of hydrogen-bond acceptors (Lipinski definition) is 2. The fourth-order valence-electron chi connectivity index (χ4n) is 0.527. The van der Waals surface area contributed by atoms with Gasteiger partial charge in [-0.3, -0.25) is 0 Å². The summed E-state index contributed by atoms with van der Waals surface area (Å²) in [4.78, 5) is 10.4. The Kier molecular flexibility index (Phi) is 8.68. The number of allylic oxidation sites excluding steroid dienone is 3. The molecule has 0 radical (unpaired) electrons. The molecular weight excluding hydrogens is 178 g/mol. The van der Waals surface area contributed by atoms with Crippen LogP contribution in [0, 0.1) is 0 Å². The third-order valence-corrected chi connectivity index (χ3v) is 1.47. The summed E-state index contributed by atoms with van der Waals surface area (Å²) < 4.78 is 0. The minimum atomic E-state index is -0.963. The van der Waals surface area contributed by atoms with Crippen molar-refractivity contribution in [2.45, 2.75) is 27.7 Å². The zero-order chi connectivity index (χ0) is 11.7. The number of nitrogens with two attached hydrogens (primary N) is 1. The van der Waals surface area contributed by atoms with Crippen molar-refractivity contribution >= 4 is 5.97 Å². The molecule has 0 atom stereocenters. The lowest BCUT2D eigenvalue weighted by Crippen LogP contribution is -2.02. The van der Waals surface area contributed by atoms with Crippen LogP contribution in [-0.2, 0) is 4.79 Å². The third kappa shape index (κ3) is 6.06. The molecule has 3 heteroatoms. The first-order valence-electron chi connectivity index (χ1n) is 4.49. The Labute approximate surface area is 85.6 Å². The van der Waals surface area contributed by atoms with Crippen LogP contribution >= 0.6 is 0 Å². The van der Waals surface area contributed by atoms with Gasteiger partial charge in [-0.25, -0.2) is 4.79 Å². The van der Waals surface area contributed by atoms with Crippen molar-refractivity contribution < 1.29 is 9.90 Å². The van der Waals surface area contributed by atoms with Crippen molar-refractivity contribution in [3.05, 3.63) is 35.6 Å². The molecule has 80 valence electrons. The van der Waals surface area contributed by atoms with Gasteiger partial charge in [0.25, 0.3) is 0 Å². The first kappa shape index (κ1) is 15.0. The van der Waals surface area contributed by atoms with Crippen LogP contribution in [-0.4, -0.2) is 11.1 Å². The van der Waals surface area contributed by atoms with E-state index in [1.807, 2.05) is 13.8 Å². The molecule has 0 saturated carbocycles. The van der Waals surface area contributed by atoms with Gasteiger partial charge >= 0.3 is 5.97 Å². The van der Waals surface area contributed by atoms with Gasteiger partial charge in [-0.2, -0.15) is 0 Å². The van der Waals surface area contributed by atoms with E-state index in [0.29, 0.717) is 5.70 Å². The molecular formula is C11H19NO2. The largest absolute Gasteiger partial charge is 0.478 e. The highest BCUT2D eigenvalue weighted by molar-refractivity contribution is 5.86. The molecule has 0 aliphatic carbocycles. The van der Waals surface area contributed by atoms with Gasteiger partial charge in [0, 0.05) is 11.3 Å². The summed E-state index contributed by atoms with van der Waals surface area (Å²) in [5, 5.41) is 8.51. The molecule has 14 heavy (non-hydrogen) atoms. The molecule has 0 bridgehead atoms. The fourth-order valence-corrected chi connectivity index (χ4v) is 0.527. The van der Waals surface area contributed by atoms with Crippen LogP contribution in [0.5, 0.6) is 0 Å². The highest BCUT2D eigenvalue weighted by Gasteiger charge is 1.99. The summed E-state index contributed by atoms with van der Waals surface area (Å²) in [5.74, 6) is -0.963. The summed E-state index contributed by atoms with van der Waals surface area (Å²) in [6, 6.07) is 0. The zero-order valence-corrected chi connectivity index (χ0v) is 9.29. The number of carbonyl (C=O) groups is 1. The van der Waals surface area contributed by atoms with Crippen LogP contribution in [0.25, 0.3) is 0 Å². The van der Waals surface area contributed by atoms with Crippen LogP contribution in [0.1, 0.15) is 27.7 Å². The van der Waals surface area contributed by atoms with Gasteiger partial charge in [-0.1, -0.05) is 26.5 Å². The van der Waals surface area contributed by atoms with E-state index in [-0.39, 0.29) is 5.57 Å². The SMILES string of the molecule is C=C/C(C)=C(N)\C=C(/C)C(=O)O.CC. The number of carboxylic acids is 1. The van der Waals surface area contributed by atoms with Gasteiger partial charge in [-0.15, -0.1) is 0 Å². The molecule has 0 aromatic rings. The maximum absolute atomic E-state index is 10.4. The molecule has 3 N–H and O–H groups in total. The first-order chi connectivity index (χ1) is 6.49. The predicted molar refractivity (Wildman–Crippen MR) is 59.8 cm³/mol. The molecule has 0 aliphatic heterocycles. The lowest BCUT2D eigenvalue weighted by Gasteiger charge is -1.98. The topological polar surface area (TPSA) is 63.3 Å². The van der Waals surface area contributed by atoms with Crippen LogP contribution in [0.2, 0.25) is 0 Å². The Morgan fingerprint density at radius 1 is 1.36 bits per heavy atom. The number of rotatable bonds is 3. The van der Waals surface area contributed by atoms with Gasteiger partial charge in [-0.05, 0) is 25.5 Å². The Hall–Kier alpha value is -1.51. The summed E-state index contributed by atoms with van der Waals surface area (Å²) in [6.07, 6.45) is 3.00. The third-order valence-electron chi connectivity index (χ3n) is 1.47. The highest BCUT2D eigenvalue weighted by atomic mass is 16.4. The average molecular weight is 197 g/mol. The maximum atomic E-state index is 10.4. The van der Waals surface area contributed by atoms with Crippen LogP contribution in [0.15, 0.2) is 35.6 Å². The number of hydrogen-bond donors (Lipinski definition) is 2. The molecule has 0 saturated heterocycles. The Morgan fingerprint density at radius 3 is 2.07 bits per heavy atom. The van der Waals surface area contributed by atoms with Crippen molar-refractivity contribution in [1.29, 1.82) is 0 Å². The van der Waals surface area contributed by atoms with Gasteiger partial charge < -0.3 is 10.8 Å². The van der Waals surface area contributed by atoms with E-state index in [2.05, 4.69) is 6.58 Å². The van der Waals surface area contributed by atoms with E-state index in [0.717, 1.165) is 5.57 Å². The molecule has 0 aliphatic rings. The van der Waals surface area contributed by atoms with Gasteiger partial charge in [0.05, 0.1) is 0 Å². The second kappa shape index (κ2) is 8.10. The predicted octanol–water partition coefficient (Wildman–Crippen LogP) is 2.46. The molecule has 0 aromatic carbocycles. The van der Waals surface area contributed by atoms with Crippen LogP contribution < -0.4 is 5.73 Å². The molecule has 0 unspecified atom stereocenters. The first-order valence-corrected chi connectivity index (χ1v) is 4.49. The number of aliphatic carboxylic acids is 1. The Morgan fingerprint density at radius 2 is 1.79 bits per heavy atom. The molecule has 0 aromatic heterocycles. The molecule has 3 nitrogen and oxygen atoms in total. The van der Waals surface area contributed by atoms with E-state index in [9.17, 15) is 4.79 Å². The van der Waals surface area contributed by atoms with Gasteiger partial charge in [0.2, 0.25) is 0 Å². The second-order valence-electron chi connectivity index (χ2n) is 2.47. The van der Waals surface area contributed by atoms with Crippen LogP contribution in [0.3, 0.4) is 0 Å². The average Bonchev–Trinajstić information content (AvgIpc) is 2.19. The molecule has 0 rings (SSSR count). The van der Waals surface area contributed by atoms with E-state index in [1.165, 1.54) is 13.0 Å². The quantitative estimate of drug-likeness (QED) is 0.539. The lowest BCUT2D eigenvalue weighted by atomic mass is 10.2. The maximum Gasteiger partial charge on any atom is 0.331 e. The molecule has 0 amide bonds. The van der Waals surface area contributed by atoms with E-state index in [1.54, 1.807) is 13.0 Å². The van der Waals surface area contributed by atoms with Crippen molar-refractivity contribution in [3.63, 3.8) is 0 Å². The lowest BCUT2D eigenvalue weighted by molar-refractivity contribution is -0.132. The summed E-state index contributed by atoms with van der Waals surface area (Å²) in [5.41, 5.74) is 6.96. The van der Waals surface area contributed by atoms with Crippen molar-refractivity contribution in [2.24, 2.45) is 5.73 Å². The minimum absolute atomic E-state index is 0.216. The zero-order valence-electron chi connectivity index (χ0n) is 9.29. The Balaban J connectivity index is 0. The van der Waals surface area contributed by atoms with Crippen LogP contribution in [0.4, 0.5) is 0 Å². The molecule has 0 heterocycles. The summed E-state index contributed by atoms with van der Waals surface area (Å²) >= 11 is 0.